The van der Waals surface area contributed by atoms with Crippen molar-refractivity contribution in [2.24, 2.45) is 5.41 Å². The predicted molar refractivity (Wildman–Crippen MR) is 72.0 cm³/mol. The molecule has 1 aliphatic rings. The first-order chi connectivity index (χ1) is 9.18. The summed E-state index contributed by atoms with van der Waals surface area (Å²) in [5, 5.41) is 13.0. The van der Waals surface area contributed by atoms with E-state index in [2.05, 4.69) is 10.3 Å². The number of benzene rings is 1. The van der Waals surface area contributed by atoms with Crippen LogP contribution in [0.15, 0.2) is 27.4 Å². The van der Waals surface area contributed by atoms with Crippen molar-refractivity contribution in [1.29, 1.82) is 0 Å². The number of aromatic nitrogens is 1. The molecule has 0 aliphatic heterocycles. The maximum absolute atomic E-state index is 11.2. The predicted octanol–water partition coefficient (Wildman–Crippen LogP) is 1.54. The van der Waals surface area contributed by atoms with Crippen molar-refractivity contribution in [3.05, 3.63) is 34.3 Å². The highest BCUT2D eigenvalue weighted by Crippen LogP contribution is 2.49. The number of nitrogens with one attached hydrogen (secondary N) is 2. The van der Waals surface area contributed by atoms with Gasteiger partial charge < -0.3 is 14.8 Å². The van der Waals surface area contributed by atoms with Crippen molar-refractivity contribution < 1.29 is 9.52 Å². The minimum Gasteiger partial charge on any atom is -0.408 e. The molecule has 5 nitrogen and oxygen atoms in total. The molecule has 1 aromatic heterocycles. The number of hydrogen-bond donors (Lipinski definition) is 3. The molecule has 2 aromatic rings. The van der Waals surface area contributed by atoms with Crippen molar-refractivity contribution in [3.63, 3.8) is 0 Å². The Kier molecular flexibility index (Phi) is 2.95. The van der Waals surface area contributed by atoms with E-state index in [4.69, 9.17) is 4.42 Å². The van der Waals surface area contributed by atoms with Crippen LogP contribution < -0.4 is 11.1 Å². The number of oxazole rings is 1. The zero-order valence-corrected chi connectivity index (χ0v) is 10.9. The van der Waals surface area contributed by atoms with Gasteiger partial charge in [0.15, 0.2) is 5.58 Å². The molecule has 1 aliphatic carbocycles. The van der Waals surface area contributed by atoms with Crippen LogP contribution in [-0.2, 0) is 0 Å². The second-order valence-electron chi connectivity index (χ2n) is 5.37. The largest absolute Gasteiger partial charge is 0.417 e. The number of hydrogen-bond acceptors (Lipinski definition) is 4. The lowest BCUT2D eigenvalue weighted by Crippen LogP contribution is -2.44. The third-order valence-electron chi connectivity index (χ3n) is 4.34. The number of H-pyrrole nitrogens is 1. The summed E-state index contributed by atoms with van der Waals surface area (Å²) in [7, 11) is 1.90. The molecule has 1 aromatic carbocycles. The lowest BCUT2D eigenvalue weighted by molar-refractivity contribution is 0.00785. The Morgan fingerprint density at radius 1 is 1.53 bits per heavy atom. The van der Waals surface area contributed by atoms with Gasteiger partial charge in [0.25, 0.3) is 0 Å². The highest BCUT2D eigenvalue weighted by Gasteiger charge is 2.43. The van der Waals surface area contributed by atoms with Crippen LogP contribution in [0, 0.1) is 5.41 Å². The third kappa shape index (κ3) is 1.89. The van der Waals surface area contributed by atoms with Gasteiger partial charge in [-0.1, -0.05) is 12.5 Å². The van der Waals surface area contributed by atoms with E-state index in [1.165, 1.54) is 0 Å². The van der Waals surface area contributed by atoms with Gasteiger partial charge in [0.1, 0.15) is 0 Å². The molecule has 3 N–H and O–H groups in total. The molecule has 1 unspecified atom stereocenters. The fraction of sp³-hybridized carbons (Fsp3) is 0.500. The maximum atomic E-state index is 11.2. The minimum absolute atomic E-state index is 0.0795. The second-order valence-corrected chi connectivity index (χ2v) is 5.37. The van der Waals surface area contributed by atoms with E-state index in [-0.39, 0.29) is 18.1 Å². The lowest BCUT2D eigenvalue weighted by Gasteiger charge is -2.46. The molecular weight excluding hydrogens is 244 g/mol. The number of rotatable bonds is 4. The molecule has 0 spiro atoms. The summed E-state index contributed by atoms with van der Waals surface area (Å²) < 4.78 is 5.10. The standard InChI is InChI=1S/C14H18N2O3/c1-15-12(14(8-17)5-2-6-14)9-3-4-10-11(7-9)19-13(18)16-10/h3-4,7,12,15,17H,2,5-6,8H2,1H3,(H,16,18). The molecule has 1 atom stereocenters. The molecule has 1 heterocycles. The van der Waals surface area contributed by atoms with Gasteiger partial charge in [0.05, 0.1) is 12.1 Å². The summed E-state index contributed by atoms with van der Waals surface area (Å²) in [4.78, 5) is 13.8. The van der Waals surface area contributed by atoms with Crippen LogP contribution in [-0.4, -0.2) is 23.7 Å². The average Bonchev–Trinajstić information content (AvgIpc) is 2.72. The summed E-state index contributed by atoms with van der Waals surface area (Å²) in [5.41, 5.74) is 2.23. The average molecular weight is 262 g/mol. The Morgan fingerprint density at radius 3 is 2.89 bits per heavy atom. The van der Waals surface area contributed by atoms with Gasteiger partial charge in [0.2, 0.25) is 0 Å². The van der Waals surface area contributed by atoms with Gasteiger partial charge in [-0.05, 0) is 37.6 Å². The monoisotopic (exact) mass is 262 g/mol. The minimum atomic E-state index is -0.436. The highest BCUT2D eigenvalue weighted by atomic mass is 16.4. The number of aliphatic hydroxyl groups is 1. The smallest absolute Gasteiger partial charge is 0.408 e. The van der Waals surface area contributed by atoms with Crippen molar-refractivity contribution in [1.82, 2.24) is 10.3 Å². The quantitative estimate of drug-likeness (QED) is 0.781. The fourth-order valence-electron chi connectivity index (χ4n) is 3.14. The van der Waals surface area contributed by atoms with Gasteiger partial charge in [-0.2, -0.15) is 0 Å². The molecule has 0 saturated heterocycles. The fourth-order valence-corrected chi connectivity index (χ4v) is 3.14. The Hall–Kier alpha value is -1.59. The maximum Gasteiger partial charge on any atom is 0.417 e. The zero-order valence-electron chi connectivity index (χ0n) is 10.9. The summed E-state index contributed by atoms with van der Waals surface area (Å²) >= 11 is 0. The molecular formula is C14H18N2O3. The highest BCUT2D eigenvalue weighted by molar-refractivity contribution is 5.73. The molecule has 19 heavy (non-hydrogen) atoms. The van der Waals surface area contributed by atoms with E-state index in [9.17, 15) is 9.90 Å². The van der Waals surface area contributed by atoms with E-state index < -0.39 is 5.76 Å². The van der Waals surface area contributed by atoms with E-state index in [1.807, 2.05) is 25.2 Å². The van der Waals surface area contributed by atoms with Gasteiger partial charge in [-0.25, -0.2) is 4.79 Å². The number of aromatic amines is 1. The molecule has 102 valence electrons. The third-order valence-corrected chi connectivity index (χ3v) is 4.34. The van der Waals surface area contributed by atoms with Gasteiger partial charge in [-0.15, -0.1) is 0 Å². The van der Waals surface area contributed by atoms with Crippen LogP contribution >= 0.6 is 0 Å². The van der Waals surface area contributed by atoms with Crippen molar-refractivity contribution in [2.45, 2.75) is 25.3 Å². The SMILES string of the molecule is CNC(c1ccc2[nH]c(=O)oc2c1)C1(CO)CCC1. The topological polar surface area (TPSA) is 78.3 Å². The van der Waals surface area contributed by atoms with Crippen molar-refractivity contribution in [3.8, 4) is 0 Å². The first kappa shape index (κ1) is 12.4. The zero-order chi connectivity index (χ0) is 13.5. The molecule has 1 fully saturated rings. The number of fused-ring (bicyclic) bond motifs is 1. The summed E-state index contributed by atoms with van der Waals surface area (Å²) in [6.07, 6.45) is 3.19. The van der Waals surface area contributed by atoms with Gasteiger partial charge in [-0.3, -0.25) is 4.98 Å². The molecule has 5 heteroatoms. The van der Waals surface area contributed by atoms with Crippen LogP contribution in [0.2, 0.25) is 0 Å². The Balaban J connectivity index is 2.03. The second kappa shape index (κ2) is 4.51. The lowest BCUT2D eigenvalue weighted by atomic mass is 9.63. The van der Waals surface area contributed by atoms with Gasteiger partial charge >= 0.3 is 5.76 Å². The van der Waals surface area contributed by atoms with Crippen molar-refractivity contribution in [2.75, 3.05) is 13.7 Å². The Bertz CT molecular complexity index is 634. The molecule has 0 amide bonds. The van der Waals surface area contributed by atoms with Crippen LogP contribution in [0.5, 0.6) is 0 Å². The van der Waals surface area contributed by atoms with E-state index in [0.29, 0.717) is 11.1 Å². The van der Waals surface area contributed by atoms with Crippen LogP contribution in [0.3, 0.4) is 0 Å². The molecule has 3 rings (SSSR count). The first-order valence-electron chi connectivity index (χ1n) is 6.59. The van der Waals surface area contributed by atoms with Crippen LogP contribution in [0.4, 0.5) is 0 Å². The molecule has 1 saturated carbocycles. The van der Waals surface area contributed by atoms with Crippen LogP contribution in [0.25, 0.3) is 11.1 Å². The Morgan fingerprint density at radius 2 is 2.32 bits per heavy atom. The van der Waals surface area contributed by atoms with Gasteiger partial charge in [0, 0.05) is 11.5 Å². The van der Waals surface area contributed by atoms with E-state index in [0.717, 1.165) is 24.8 Å². The first-order valence-corrected chi connectivity index (χ1v) is 6.59. The van der Waals surface area contributed by atoms with Crippen LogP contribution in [0.1, 0.15) is 30.9 Å². The van der Waals surface area contributed by atoms with E-state index in [1.54, 1.807) is 0 Å². The Labute approximate surface area is 110 Å². The molecule has 0 radical (unpaired) electrons. The number of aliphatic hydroxyl groups excluding tert-OH is 1. The van der Waals surface area contributed by atoms with E-state index >= 15 is 0 Å². The summed E-state index contributed by atoms with van der Waals surface area (Å²) in [6, 6.07) is 5.79. The molecule has 0 bridgehead atoms. The van der Waals surface area contributed by atoms with Crippen molar-refractivity contribution >= 4 is 11.1 Å². The summed E-state index contributed by atoms with van der Waals surface area (Å²) in [6.45, 7) is 0.174. The normalized spacial score (nSPS) is 19.3. The summed E-state index contributed by atoms with van der Waals surface area (Å²) in [5.74, 6) is -0.436.